The van der Waals surface area contributed by atoms with Crippen molar-refractivity contribution in [2.45, 2.75) is 31.6 Å². The van der Waals surface area contributed by atoms with Crippen LogP contribution in [0.15, 0.2) is 12.1 Å². The number of hydrogen-bond donors (Lipinski definition) is 1. The molecule has 1 N–H and O–H groups in total. The van der Waals surface area contributed by atoms with Gasteiger partial charge in [0.2, 0.25) is 6.79 Å². The first-order valence-electron chi connectivity index (χ1n) is 6.58. The van der Waals surface area contributed by atoms with Crippen molar-refractivity contribution < 1.29 is 18.3 Å². The maximum atomic E-state index is 13.6. The number of fused-ring (bicyclic) bond motifs is 1. The molecule has 1 unspecified atom stereocenters. The third kappa shape index (κ3) is 2.39. The summed E-state index contributed by atoms with van der Waals surface area (Å²) in [6.07, 6.45) is 2.04. The van der Waals surface area contributed by atoms with Crippen LogP contribution in [0.2, 0.25) is 0 Å². The van der Waals surface area contributed by atoms with Crippen molar-refractivity contribution in [1.29, 1.82) is 0 Å². The number of benzene rings is 1. The van der Waals surface area contributed by atoms with Crippen molar-refractivity contribution in [2.75, 3.05) is 19.9 Å². The van der Waals surface area contributed by atoms with Gasteiger partial charge in [0.05, 0.1) is 0 Å². The highest BCUT2D eigenvalue weighted by atomic mass is 19.3. The van der Waals surface area contributed by atoms with Crippen molar-refractivity contribution in [2.24, 2.45) is 0 Å². The van der Waals surface area contributed by atoms with E-state index in [9.17, 15) is 8.78 Å². The lowest BCUT2D eigenvalue weighted by atomic mass is 9.89. The largest absolute Gasteiger partial charge is 0.454 e. The van der Waals surface area contributed by atoms with Gasteiger partial charge < -0.3 is 14.8 Å². The van der Waals surface area contributed by atoms with Crippen LogP contribution in [0.1, 0.15) is 36.8 Å². The molecule has 1 aromatic carbocycles. The molecule has 19 heavy (non-hydrogen) atoms. The Bertz CT molecular complexity index is 479. The topological polar surface area (TPSA) is 30.5 Å². The summed E-state index contributed by atoms with van der Waals surface area (Å²) in [6.45, 7) is 2.81. The van der Waals surface area contributed by atoms with Crippen LogP contribution >= 0.6 is 0 Å². The molecule has 2 aliphatic rings. The van der Waals surface area contributed by atoms with E-state index in [0.717, 1.165) is 38.4 Å². The highest BCUT2D eigenvalue weighted by Crippen LogP contribution is 2.44. The maximum Gasteiger partial charge on any atom is 0.270 e. The monoisotopic (exact) mass is 269 g/mol. The Labute approximate surface area is 110 Å². The molecular formula is C14H17F2NO2. The van der Waals surface area contributed by atoms with Gasteiger partial charge in [-0.3, -0.25) is 0 Å². The van der Waals surface area contributed by atoms with Gasteiger partial charge in [0.25, 0.3) is 5.92 Å². The summed E-state index contributed by atoms with van der Waals surface area (Å²) in [5, 5.41) is 3.30. The van der Waals surface area contributed by atoms with E-state index in [4.69, 9.17) is 9.47 Å². The van der Waals surface area contributed by atoms with Crippen LogP contribution in [0, 0.1) is 0 Å². The second-order valence-corrected chi connectivity index (χ2v) is 5.23. The zero-order chi connectivity index (χ0) is 13.5. The Morgan fingerprint density at radius 3 is 2.84 bits per heavy atom. The second-order valence-electron chi connectivity index (χ2n) is 5.23. The average Bonchev–Trinajstić information content (AvgIpc) is 2.85. The number of piperidine rings is 1. The molecule has 0 bridgehead atoms. The third-order valence-electron chi connectivity index (χ3n) is 3.74. The fourth-order valence-corrected chi connectivity index (χ4v) is 2.71. The van der Waals surface area contributed by atoms with Crippen LogP contribution in [0.3, 0.4) is 0 Å². The van der Waals surface area contributed by atoms with Crippen LogP contribution in [0.5, 0.6) is 11.5 Å². The molecule has 104 valence electrons. The summed E-state index contributed by atoms with van der Waals surface area (Å²) >= 11 is 0. The van der Waals surface area contributed by atoms with Crippen molar-refractivity contribution in [1.82, 2.24) is 5.32 Å². The first-order chi connectivity index (χ1) is 9.05. The molecule has 0 saturated carbocycles. The van der Waals surface area contributed by atoms with Gasteiger partial charge in [0.15, 0.2) is 11.5 Å². The summed E-state index contributed by atoms with van der Waals surface area (Å²) in [7, 11) is 0. The van der Waals surface area contributed by atoms with E-state index in [2.05, 4.69) is 5.32 Å². The van der Waals surface area contributed by atoms with Crippen molar-refractivity contribution in [3.05, 3.63) is 23.3 Å². The van der Waals surface area contributed by atoms with Gasteiger partial charge in [0, 0.05) is 30.5 Å². The van der Waals surface area contributed by atoms with Gasteiger partial charge in [0.1, 0.15) is 0 Å². The minimum absolute atomic E-state index is 0.00248. The molecule has 1 saturated heterocycles. The Kier molecular flexibility index (Phi) is 3.09. The number of rotatable bonds is 2. The molecule has 2 heterocycles. The minimum atomic E-state index is -2.86. The highest BCUT2D eigenvalue weighted by molar-refractivity contribution is 5.53. The second kappa shape index (κ2) is 4.63. The molecule has 0 aliphatic carbocycles. The summed E-state index contributed by atoms with van der Waals surface area (Å²) in [6, 6.07) is 2.97. The van der Waals surface area contributed by atoms with Crippen LogP contribution in [0.4, 0.5) is 8.78 Å². The van der Waals surface area contributed by atoms with Crippen LogP contribution < -0.4 is 14.8 Å². The van der Waals surface area contributed by atoms with Crippen molar-refractivity contribution in [3.63, 3.8) is 0 Å². The van der Waals surface area contributed by atoms with Crippen molar-refractivity contribution in [3.8, 4) is 11.5 Å². The van der Waals surface area contributed by atoms with E-state index >= 15 is 0 Å². The Morgan fingerprint density at radius 2 is 2.16 bits per heavy atom. The molecule has 5 heteroatoms. The van der Waals surface area contributed by atoms with Crippen molar-refractivity contribution >= 4 is 0 Å². The number of nitrogens with one attached hydrogen (secondary N) is 1. The number of ether oxygens (including phenoxy) is 2. The number of alkyl halides is 2. The predicted octanol–water partition coefficient (Wildman–Crippen LogP) is 2.99. The first kappa shape index (κ1) is 12.7. The Morgan fingerprint density at radius 1 is 1.32 bits per heavy atom. The molecule has 0 radical (unpaired) electrons. The van der Waals surface area contributed by atoms with Gasteiger partial charge in [-0.05, 0) is 31.5 Å². The fraction of sp³-hybridized carbons (Fsp3) is 0.571. The summed E-state index contributed by atoms with van der Waals surface area (Å²) in [5.74, 6) is -1.56. The zero-order valence-electron chi connectivity index (χ0n) is 10.8. The van der Waals surface area contributed by atoms with E-state index in [0.29, 0.717) is 11.5 Å². The van der Waals surface area contributed by atoms with E-state index < -0.39 is 5.92 Å². The van der Waals surface area contributed by atoms with E-state index in [1.165, 1.54) is 6.07 Å². The number of halogens is 2. The Hall–Kier alpha value is -1.36. The third-order valence-corrected chi connectivity index (χ3v) is 3.74. The summed E-state index contributed by atoms with van der Waals surface area (Å²) in [4.78, 5) is 0. The molecule has 1 aromatic rings. The maximum absolute atomic E-state index is 13.6. The lowest BCUT2D eigenvalue weighted by Gasteiger charge is -2.25. The zero-order valence-corrected chi connectivity index (χ0v) is 10.8. The van der Waals surface area contributed by atoms with E-state index in [1.54, 1.807) is 6.07 Å². The van der Waals surface area contributed by atoms with Gasteiger partial charge in [-0.15, -0.1) is 0 Å². The lowest BCUT2D eigenvalue weighted by molar-refractivity contribution is 0.0172. The number of hydrogen-bond acceptors (Lipinski definition) is 3. The SMILES string of the molecule is CC(F)(F)c1cc2c(c(C3CCCNC3)c1)OCO2. The first-order valence-corrected chi connectivity index (χ1v) is 6.58. The average molecular weight is 269 g/mol. The summed E-state index contributed by atoms with van der Waals surface area (Å²) < 4.78 is 37.9. The molecule has 1 atom stereocenters. The van der Waals surface area contributed by atoms with Gasteiger partial charge in [-0.25, -0.2) is 8.78 Å². The molecule has 0 aromatic heterocycles. The fourth-order valence-electron chi connectivity index (χ4n) is 2.71. The van der Waals surface area contributed by atoms with Gasteiger partial charge in [-0.1, -0.05) is 0 Å². The smallest absolute Gasteiger partial charge is 0.270 e. The van der Waals surface area contributed by atoms with Crippen LogP contribution in [-0.4, -0.2) is 19.9 Å². The predicted molar refractivity (Wildman–Crippen MR) is 67.0 cm³/mol. The quantitative estimate of drug-likeness (QED) is 0.895. The van der Waals surface area contributed by atoms with E-state index in [-0.39, 0.29) is 18.3 Å². The molecule has 1 fully saturated rings. The highest BCUT2D eigenvalue weighted by Gasteiger charge is 2.32. The molecule has 0 spiro atoms. The van der Waals surface area contributed by atoms with Gasteiger partial charge in [-0.2, -0.15) is 0 Å². The van der Waals surface area contributed by atoms with Gasteiger partial charge >= 0.3 is 0 Å². The molecule has 0 amide bonds. The van der Waals surface area contributed by atoms with Crippen LogP contribution in [-0.2, 0) is 5.92 Å². The summed E-state index contributed by atoms with van der Waals surface area (Å²) in [5.41, 5.74) is 0.844. The standard InChI is InChI=1S/C14H17F2NO2/c1-14(15,16)10-5-11(9-3-2-4-17-7-9)13-12(6-10)18-8-19-13/h5-6,9,17H,2-4,7-8H2,1H3. The molecule has 3 rings (SSSR count). The minimum Gasteiger partial charge on any atom is -0.454 e. The molecule has 3 nitrogen and oxygen atoms in total. The van der Waals surface area contributed by atoms with Crippen LogP contribution in [0.25, 0.3) is 0 Å². The normalized spacial score (nSPS) is 22.6. The molecule has 2 aliphatic heterocycles. The molecular weight excluding hydrogens is 252 g/mol. The lowest BCUT2D eigenvalue weighted by Crippen LogP contribution is -2.28. The Balaban J connectivity index is 2.04. The van der Waals surface area contributed by atoms with E-state index in [1.807, 2.05) is 0 Å².